The Bertz CT molecular complexity index is 495. The van der Waals surface area contributed by atoms with E-state index in [1.165, 1.54) is 24.3 Å². The van der Waals surface area contributed by atoms with Crippen LogP contribution < -0.4 is 5.32 Å². The van der Waals surface area contributed by atoms with Crippen molar-refractivity contribution in [2.24, 2.45) is 5.92 Å². The number of carboxylic acid groups (broad SMARTS) is 1. The first-order chi connectivity index (χ1) is 10.1. The van der Waals surface area contributed by atoms with Gasteiger partial charge in [-0.15, -0.1) is 0 Å². The largest absolute Gasteiger partial charge is 0.480 e. The monoisotopic (exact) mass is 293 g/mol. The van der Waals surface area contributed by atoms with Crippen LogP contribution >= 0.6 is 0 Å². The van der Waals surface area contributed by atoms with E-state index < -0.39 is 12.0 Å². The molecule has 1 aromatic carbocycles. The molecule has 1 aromatic rings. The molecule has 2 N–H and O–H groups in total. The highest BCUT2D eigenvalue weighted by Crippen LogP contribution is 2.26. The van der Waals surface area contributed by atoms with Crippen molar-refractivity contribution in [1.29, 1.82) is 0 Å². The highest BCUT2D eigenvalue weighted by molar-refractivity contribution is 5.85. The quantitative estimate of drug-likeness (QED) is 0.876. The Labute approximate surface area is 123 Å². The van der Waals surface area contributed by atoms with E-state index in [1.807, 2.05) is 0 Å². The van der Waals surface area contributed by atoms with Crippen molar-refractivity contribution < 1.29 is 19.1 Å². The van der Waals surface area contributed by atoms with Gasteiger partial charge in [0.2, 0.25) is 5.91 Å². The highest BCUT2D eigenvalue weighted by atomic mass is 19.1. The minimum Gasteiger partial charge on any atom is -0.480 e. The Morgan fingerprint density at radius 3 is 2.38 bits per heavy atom. The molecule has 1 aliphatic rings. The second kappa shape index (κ2) is 7.20. The van der Waals surface area contributed by atoms with Crippen LogP contribution in [-0.2, 0) is 16.0 Å². The van der Waals surface area contributed by atoms with E-state index in [9.17, 15) is 19.1 Å². The average Bonchev–Trinajstić information content (AvgIpc) is 2.48. The fourth-order valence-corrected chi connectivity index (χ4v) is 2.86. The SMILES string of the molecule is O=C(Cc1ccc(F)cc1)N[C@H](C(=O)O)C1CCCCC1. The van der Waals surface area contributed by atoms with Gasteiger partial charge in [-0.1, -0.05) is 31.4 Å². The van der Waals surface area contributed by atoms with Gasteiger partial charge in [0.15, 0.2) is 0 Å². The van der Waals surface area contributed by atoms with Crippen molar-refractivity contribution in [2.45, 2.75) is 44.6 Å². The lowest BCUT2D eigenvalue weighted by Crippen LogP contribution is -2.47. The van der Waals surface area contributed by atoms with E-state index >= 15 is 0 Å². The molecule has 0 saturated heterocycles. The summed E-state index contributed by atoms with van der Waals surface area (Å²) in [5, 5.41) is 11.9. The molecule has 0 bridgehead atoms. The number of benzene rings is 1. The van der Waals surface area contributed by atoms with Gasteiger partial charge in [0.05, 0.1) is 6.42 Å². The van der Waals surface area contributed by atoms with Crippen LogP contribution in [-0.4, -0.2) is 23.0 Å². The zero-order valence-corrected chi connectivity index (χ0v) is 11.8. The number of hydrogen-bond acceptors (Lipinski definition) is 2. The number of carbonyl (C=O) groups is 2. The fraction of sp³-hybridized carbons (Fsp3) is 0.500. The molecule has 2 rings (SSSR count). The van der Waals surface area contributed by atoms with Gasteiger partial charge in [0.25, 0.3) is 0 Å². The number of aliphatic carboxylic acids is 1. The van der Waals surface area contributed by atoms with Crippen molar-refractivity contribution in [2.75, 3.05) is 0 Å². The molecule has 0 unspecified atom stereocenters. The van der Waals surface area contributed by atoms with Gasteiger partial charge in [0.1, 0.15) is 11.9 Å². The van der Waals surface area contributed by atoms with E-state index in [2.05, 4.69) is 5.32 Å². The first-order valence-corrected chi connectivity index (χ1v) is 7.33. The molecule has 1 amide bonds. The number of amides is 1. The predicted octanol–water partition coefficient (Wildman–Crippen LogP) is 2.52. The van der Waals surface area contributed by atoms with Crippen molar-refractivity contribution >= 4 is 11.9 Å². The first kappa shape index (κ1) is 15.5. The number of halogens is 1. The van der Waals surface area contributed by atoms with Crippen LogP contribution in [0.1, 0.15) is 37.7 Å². The lowest BCUT2D eigenvalue weighted by molar-refractivity contribution is -0.143. The minimum atomic E-state index is -0.977. The minimum absolute atomic E-state index is 0.00779. The molecule has 0 spiro atoms. The second-order valence-electron chi connectivity index (χ2n) is 5.58. The fourth-order valence-electron chi connectivity index (χ4n) is 2.86. The summed E-state index contributed by atoms with van der Waals surface area (Å²) in [6, 6.07) is 4.83. The van der Waals surface area contributed by atoms with Gasteiger partial charge in [-0.3, -0.25) is 4.79 Å². The molecule has 0 heterocycles. The van der Waals surface area contributed by atoms with E-state index in [4.69, 9.17) is 0 Å². The van der Waals surface area contributed by atoms with Crippen LogP contribution in [0.5, 0.6) is 0 Å². The smallest absolute Gasteiger partial charge is 0.326 e. The summed E-state index contributed by atoms with van der Waals surface area (Å²) < 4.78 is 12.8. The summed E-state index contributed by atoms with van der Waals surface area (Å²) in [6.45, 7) is 0. The van der Waals surface area contributed by atoms with Crippen LogP contribution in [0.15, 0.2) is 24.3 Å². The Hall–Kier alpha value is -1.91. The molecule has 5 heteroatoms. The molecule has 0 aromatic heterocycles. The maximum Gasteiger partial charge on any atom is 0.326 e. The second-order valence-corrected chi connectivity index (χ2v) is 5.58. The van der Waals surface area contributed by atoms with Crippen molar-refractivity contribution in [1.82, 2.24) is 5.32 Å². The molecule has 0 radical (unpaired) electrons. The zero-order valence-electron chi connectivity index (χ0n) is 11.8. The van der Waals surface area contributed by atoms with Crippen LogP contribution in [0.25, 0.3) is 0 Å². The van der Waals surface area contributed by atoms with Gasteiger partial charge in [-0.25, -0.2) is 9.18 Å². The number of carbonyl (C=O) groups excluding carboxylic acids is 1. The molecular formula is C16H20FNO3. The number of rotatable bonds is 5. The summed E-state index contributed by atoms with van der Waals surface area (Å²) in [5.74, 6) is -1.66. The normalized spacial score (nSPS) is 17.2. The lowest BCUT2D eigenvalue weighted by atomic mass is 9.84. The van der Waals surface area contributed by atoms with Crippen molar-refractivity contribution in [3.63, 3.8) is 0 Å². The Morgan fingerprint density at radius 2 is 1.81 bits per heavy atom. The molecule has 1 saturated carbocycles. The third-order valence-electron chi connectivity index (χ3n) is 3.98. The van der Waals surface area contributed by atoms with Crippen molar-refractivity contribution in [3.8, 4) is 0 Å². The summed E-state index contributed by atoms with van der Waals surface area (Å²) in [5.41, 5.74) is 0.668. The summed E-state index contributed by atoms with van der Waals surface area (Å²) in [6.07, 6.45) is 4.91. The third-order valence-corrected chi connectivity index (χ3v) is 3.98. The third kappa shape index (κ3) is 4.55. The van der Waals surface area contributed by atoms with E-state index in [0.29, 0.717) is 5.56 Å². The predicted molar refractivity (Wildman–Crippen MR) is 76.2 cm³/mol. The number of hydrogen-bond donors (Lipinski definition) is 2. The molecular weight excluding hydrogens is 273 g/mol. The standard InChI is InChI=1S/C16H20FNO3/c17-13-8-6-11(7-9-13)10-14(19)18-15(16(20)21)12-4-2-1-3-5-12/h6-9,12,15H,1-5,10H2,(H,18,19)(H,20,21)/t15-/m0/s1. The number of carboxylic acids is 1. The van der Waals surface area contributed by atoms with Crippen LogP contribution in [0, 0.1) is 11.7 Å². The van der Waals surface area contributed by atoms with Crippen LogP contribution in [0.3, 0.4) is 0 Å². The molecule has 1 aliphatic carbocycles. The van der Waals surface area contributed by atoms with Gasteiger partial charge in [0, 0.05) is 0 Å². The Kier molecular flexibility index (Phi) is 5.31. The van der Waals surface area contributed by atoms with Crippen LogP contribution in [0.4, 0.5) is 4.39 Å². The van der Waals surface area contributed by atoms with E-state index in [1.54, 1.807) is 0 Å². The van der Waals surface area contributed by atoms with Gasteiger partial charge in [-0.2, -0.15) is 0 Å². The summed E-state index contributed by atoms with van der Waals surface area (Å²) in [4.78, 5) is 23.4. The molecule has 4 nitrogen and oxygen atoms in total. The Morgan fingerprint density at radius 1 is 1.19 bits per heavy atom. The van der Waals surface area contributed by atoms with Crippen molar-refractivity contribution in [3.05, 3.63) is 35.6 Å². The van der Waals surface area contributed by atoms with Gasteiger partial charge in [-0.05, 0) is 36.5 Å². The molecule has 1 atom stereocenters. The summed E-state index contributed by atoms with van der Waals surface area (Å²) >= 11 is 0. The zero-order chi connectivity index (χ0) is 15.2. The Balaban J connectivity index is 1.94. The van der Waals surface area contributed by atoms with E-state index in [0.717, 1.165) is 32.1 Å². The lowest BCUT2D eigenvalue weighted by Gasteiger charge is -2.28. The molecule has 0 aliphatic heterocycles. The first-order valence-electron chi connectivity index (χ1n) is 7.33. The maximum absolute atomic E-state index is 12.8. The molecule has 114 valence electrons. The molecule has 21 heavy (non-hydrogen) atoms. The summed E-state index contributed by atoms with van der Waals surface area (Å²) in [7, 11) is 0. The molecule has 1 fully saturated rings. The maximum atomic E-state index is 12.8. The van der Waals surface area contributed by atoms with Gasteiger partial charge >= 0.3 is 5.97 Å². The highest BCUT2D eigenvalue weighted by Gasteiger charge is 2.30. The average molecular weight is 293 g/mol. The van der Waals surface area contributed by atoms with Crippen LogP contribution in [0.2, 0.25) is 0 Å². The van der Waals surface area contributed by atoms with E-state index in [-0.39, 0.29) is 24.1 Å². The van der Waals surface area contributed by atoms with Gasteiger partial charge < -0.3 is 10.4 Å². The topological polar surface area (TPSA) is 66.4 Å². The number of nitrogens with one attached hydrogen (secondary N) is 1.